The number of carbonyl (C=O) groups is 1. The number of ether oxygens (including phenoxy) is 2. The number of benzene rings is 1. The van der Waals surface area contributed by atoms with Crippen LogP contribution in [0.25, 0.3) is 11.2 Å². The summed E-state index contributed by atoms with van der Waals surface area (Å²) in [6.45, 7) is 0. The van der Waals surface area contributed by atoms with E-state index in [1.165, 1.54) is 10.9 Å². The number of aromatic nitrogens is 8. The number of hydrogen-bond acceptors (Lipinski definition) is 12. The Morgan fingerprint density at radius 1 is 1.33 bits per heavy atom. The summed E-state index contributed by atoms with van der Waals surface area (Å²) in [5.74, 6) is -1.54. The first-order valence-electron chi connectivity index (χ1n) is 10.7. The number of carboxylic acid groups (broad SMARTS) is 1. The largest absolute Gasteiger partial charge is 0.479 e. The fourth-order valence-electron chi connectivity index (χ4n) is 4.61. The third-order valence-corrected chi connectivity index (χ3v) is 6.67. The molecule has 1 saturated heterocycles. The summed E-state index contributed by atoms with van der Waals surface area (Å²) in [4.78, 5) is 24.6. The molecule has 2 fully saturated rings. The van der Waals surface area contributed by atoms with Gasteiger partial charge in [0.15, 0.2) is 29.1 Å². The van der Waals surface area contributed by atoms with Crippen LogP contribution >= 0.6 is 11.6 Å². The highest BCUT2D eigenvalue weighted by Crippen LogP contribution is 2.57. The van der Waals surface area contributed by atoms with Crippen LogP contribution in [0.1, 0.15) is 17.6 Å². The van der Waals surface area contributed by atoms with Gasteiger partial charge in [-0.1, -0.05) is 30.3 Å². The molecule has 1 unspecified atom stereocenters. The molecule has 6 rings (SSSR count). The zero-order chi connectivity index (χ0) is 25.2. The minimum Gasteiger partial charge on any atom is -0.479 e. The van der Waals surface area contributed by atoms with Crippen LogP contribution in [0.3, 0.4) is 0 Å². The van der Waals surface area contributed by atoms with Crippen molar-refractivity contribution in [1.82, 2.24) is 40.1 Å². The molecule has 1 aliphatic heterocycles. The average Bonchev–Trinajstić information content (AvgIpc) is 3.35. The Morgan fingerprint density at radius 3 is 2.75 bits per heavy atom. The number of nitrogens with zero attached hydrogens (tertiary/aromatic N) is 7. The molecule has 1 saturated carbocycles. The summed E-state index contributed by atoms with van der Waals surface area (Å²) < 4.78 is 13.2. The molecule has 0 spiro atoms. The normalized spacial score (nSPS) is 28.6. The van der Waals surface area contributed by atoms with Crippen molar-refractivity contribution in [3.63, 3.8) is 0 Å². The zero-order valence-corrected chi connectivity index (χ0v) is 18.9. The second-order valence-electron chi connectivity index (χ2n) is 8.56. The Hall–Kier alpha value is -3.76. The topological polar surface area (TPSA) is 220 Å². The minimum absolute atomic E-state index is 0.0362. The number of anilines is 1. The lowest BCUT2D eigenvalue weighted by Crippen LogP contribution is -2.46. The summed E-state index contributed by atoms with van der Waals surface area (Å²) in [5.41, 5.74) is 2.84. The van der Waals surface area contributed by atoms with Crippen molar-refractivity contribution in [2.45, 2.75) is 42.2 Å². The number of rotatable bonds is 7. The van der Waals surface area contributed by atoms with Crippen molar-refractivity contribution >= 4 is 34.6 Å². The van der Waals surface area contributed by atoms with E-state index >= 15 is 0 Å². The molecule has 0 amide bonds. The lowest BCUT2D eigenvalue weighted by atomic mass is 9.93. The number of nitrogens with two attached hydrogens (primary N) is 1. The first kappa shape index (κ1) is 22.7. The number of fused-ring (bicyclic) bond motifs is 2. The highest BCUT2D eigenvalue weighted by molar-refractivity contribution is 6.28. The molecular weight excluding hydrogens is 498 g/mol. The van der Waals surface area contributed by atoms with E-state index in [4.69, 9.17) is 26.8 Å². The minimum atomic E-state index is -2.11. The summed E-state index contributed by atoms with van der Waals surface area (Å²) in [6, 6.07) is 8.71. The Kier molecular flexibility index (Phi) is 4.96. The monoisotopic (exact) mass is 515 g/mol. The lowest BCUT2D eigenvalue weighted by molar-refractivity contribution is -0.187. The van der Waals surface area contributed by atoms with Gasteiger partial charge in [-0.15, -0.1) is 5.10 Å². The Morgan fingerprint density at radius 2 is 2.11 bits per heavy atom. The number of aliphatic hydroxyl groups is 2. The number of aromatic amines is 1. The third kappa shape index (κ3) is 3.17. The highest BCUT2D eigenvalue weighted by atomic mass is 35.5. The maximum Gasteiger partial charge on any atom is 0.344 e. The number of hydrogen-bond donors (Lipinski definition) is 5. The Balaban J connectivity index is 1.31. The molecule has 0 radical (unpaired) electrons. The predicted octanol–water partition coefficient (Wildman–Crippen LogP) is -0.814. The van der Waals surface area contributed by atoms with Gasteiger partial charge >= 0.3 is 5.97 Å². The van der Waals surface area contributed by atoms with E-state index in [0.717, 1.165) is 0 Å². The number of tetrazole rings is 1. The molecule has 2 aliphatic rings. The SMILES string of the molecule is Nc1nc(Cl)nc2c1ncn2[C@@H]1O[C@@H]2C(O[C@@](Cc3ccccc3)(C(=O)O)c3nnn[nH]3)[C@]2(O)[C@H]1O. The second kappa shape index (κ2) is 7.87. The molecule has 1 aliphatic carbocycles. The Labute approximate surface area is 205 Å². The number of imidazole rings is 1. The molecule has 15 nitrogen and oxygen atoms in total. The van der Waals surface area contributed by atoms with Gasteiger partial charge in [-0.2, -0.15) is 9.97 Å². The molecule has 6 atom stereocenters. The fraction of sp³-hybridized carbons (Fsp3) is 0.350. The quantitative estimate of drug-likeness (QED) is 0.190. The molecule has 3 aromatic heterocycles. The van der Waals surface area contributed by atoms with Crippen LogP contribution in [-0.4, -0.2) is 85.3 Å². The maximum atomic E-state index is 12.6. The Bertz CT molecular complexity index is 1450. The first-order chi connectivity index (χ1) is 17.3. The van der Waals surface area contributed by atoms with Crippen LogP contribution in [-0.2, 0) is 26.3 Å². The summed E-state index contributed by atoms with van der Waals surface area (Å²) in [6.07, 6.45) is -3.81. The van der Waals surface area contributed by atoms with E-state index < -0.39 is 41.7 Å². The van der Waals surface area contributed by atoms with Crippen LogP contribution in [0.2, 0.25) is 5.28 Å². The fourth-order valence-corrected chi connectivity index (χ4v) is 4.78. The second-order valence-corrected chi connectivity index (χ2v) is 8.90. The molecule has 1 aromatic carbocycles. The van der Waals surface area contributed by atoms with Gasteiger partial charge in [0.25, 0.3) is 0 Å². The molecular formula is C20H18ClN9O6. The number of carboxylic acids is 1. The van der Waals surface area contributed by atoms with Crippen LogP contribution in [0.4, 0.5) is 5.82 Å². The van der Waals surface area contributed by atoms with Gasteiger partial charge in [-0.3, -0.25) is 4.57 Å². The van der Waals surface area contributed by atoms with Gasteiger partial charge in [0.05, 0.1) is 6.33 Å². The van der Waals surface area contributed by atoms with Gasteiger partial charge in [-0.05, 0) is 27.6 Å². The van der Waals surface area contributed by atoms with E-state index in [2.05, 4.69) is 35.6 Å². The van der Waals surface area contributed by atoms with Crippen molar-refractivity contribution in [3.8, 4) is 0 Å². The third-order valence-electron chi connectivity index (χ3n) is 6.50. The summed E-state index contributed by atoms with van der Waals surface area (Å²) >= 11 is 5.91. The van der Waals surface area contributed by atoms with Gasteiger partial charge in [0, 0.05) is 6.42 Å². The maximum absolute atomic E-state index is 12.6. The van der Waals surface area contributed by atoms with Crippen molar-refractivity contribution in [2.75, 3.05) is 5.73 Å². The van der Waals surface area contributed by atoms with E-state index in [1.54, 1.807) is 30.3 Å². The molecule has 16 heteroatoms. The van der Waals surface area contributed by atoms with Gasteiger partial charge < -0.3 is 30.5 Å². The summed E-state index contributed by atoms with van der Waals surface area (Å²) in [7, 11) is 0. The molecule has 186 valence electrons. The van der Waals surface area contributed by atoms with E-state index in [1.807, 2.05) is 0 Å². The number of aliphatic hydroxyl groups excluding tert-OH is 1. The average molecular weight is 516 g/mol. The van der Waals surface area contributed by atoms with Crippen molar-refractivity contribution in [1.29, 1.82) is 0 Å². The molecule has 4 heterocycles. The zero-order valence-electron chi connectivity index (χ0n) is 18.1. The van der Waals surface area contributed by atoms with Crippen LogP contribution in [0.15, 0.2) is 36.7 Å². The lowest BCUT2D eigenvalue weighted by Gasteiger charge is -2.30. The molecule has 36 heavy (non-hydrogen) atoms. The standard InChI is InChI=1S/C20H18ClN9O6/c21-18-24-13(22)9-14(25-18)30(7-23-9)15-10(31)20(34)11(35-15)12(20)36-19(17(32)33,16-26-28-29-27-16)6-8-4-2-1-3-5-8/h1-5,7,10-12,15,31,34H,6H2,(H,32,33)(H2,22,24,25)(H,26,27,28,29)/t10-,11+,12?,15+,19+,20-/m0/s1. The molecule has 6 N–H and O–H groups in total. The number of halogens is 1. The van der Waals surface area contributed by atoms with Crippen molar-refractivity contribution in [2.24, 2.45) is 0 Å². The van der Waals surface area contributed by atoms with Crippen LogP contribution in [0, 0.1) is 0 Å². The van der Waals surface area contributed by atoms with Crippen LogP contribution < -0.4 is 5.73 Å². The number of aliphatic carboxylic acids is 1. The van der Waals surface area contributed by atoms with Gasteiger partial charge in [0.2, 0.25) is 10.9 Å². The number of nitrogens with one attached hydrogen (secondary N) is 1. The van der Waals surface area contributed by atoms with E-state index in [0.29, 0.717) is 5.56 Å². The number of nitrogen functional groups attached to an aromatic ring is 1. The van der Waals surface area contributed by atoms with E-state index in [-0.39, 0.29) is 34.5 Å². The summed E-state index contributed by atoms with van der Waals surface area (Å²) in [5, 5.41) is 45.6. The van der Waals surface area contributed by atoms with Crippen LogP contribution in [0.5, 0.6) is 0 Å². The predicted molar refractivity (Wildman–Crippen MR) is 118 cm³/mol. The highest BCUT2D eigenvalue weighted by Gasteiger charge is 2.79. The van der Waals surface area contributed by atoms with Gasteiger partial charge in [-0.25, -0.2) is 14.9 Å². The smallest absolute Gasteiger partial charge is 0.344 e. The molecule has 4 aromatic rings. The molecule has 0 bridgehead atoms. The number of H-pyrrole nitrogens is 1. The van der Waals surface area contributed by atoms with Gasteiger partial charge in [0.1, 0.15) is 23.8 Å². The van der Waals surface area contributed by atoms with Crippen molar-refractivity contribution in [3.05, 3.63) is 53.3 Å². The first-order valence-corrected chi connectivity index (χ1v) is 11.0. The van der Waals surface area contributed by atoms with Crippen molar-refractivity contribution < 1.29 is 29.6 Å². The van der Waals surface area contributed by atoms with E-state index in [9.17, 15) is 20.1 Å².